The van der Waals surface area contributed by atoms with Gasteiger partial charge in [0.15, 0.2) is 5.58 Å². The van der Waals surface area contributed by atoms with Gasteiger partial charge in [-0.3, -0.25) is 4.57 Å². The molecule has 8 aromatic carbocycles. The summed E-state index contributed by atoms with van der Waals surface area (Å²) in [4.78, 5) is 4.96. The first-order chi connectivity index (χ1) is 34.6. The summed E-state index contributed by atoms with van der Waals surface area (Å²) in [6, 6.07) is 57.4. The van der Waals surface area contributed by atoms with E-state index in [0.29, 0.717) is 0 Å². The molecule has 0 radical (unpaired) electrons. The minimum absolute atomic E-state index is 0.0195. The predicted molar refractivity (Wildman–Crippen MR) is 311 cm³/mol. The van der Waals surface area contributed by atoms with Crippen molar-refractivity contribution in [3.8, 4) is 5.69 Å². The normalized spacial score (nSPS) is 13.8. The van der Waals surface area contributed by atoms with Crippen LogP contribution < -0.4 is 26.2 Å². The van der Waals surface area contributed by atoms with Crippen molar-refractivity contribution in [3.63, 3.8) is 0 Å². The van der Waals surface area contributed by atoms with Crippen LogP contribution in [-0.2, 0) is 21.7 Å². The Kier molecular flexibility index (Phi) is 9.52. The molecule has 73 heavy (non-hydrogen) atoms. The zero-order chi connectivity index (χ0) is 50.8. The maximum Gasteiger partial charge on any atom is 0.252 e. The fourth-order valence-electron chi connectivity index (χ4n) is 12.0. The van der Waals surface area contributed by atoms with E-state index in [1.165, 1.54) is 60.5 Å². The number of anilines is 6. The van der Waals surface area contributed by atoms with Crippen molar-refractivity contribution in [1.29, 1.82) is 0 Å². The average Bonchev–Trinajstić information content (AvgIpc) is 4.01. The van der Waals surface area contributed by atoms with Crippen LogP contribution in [0.1, 0.15) is 111 Å². The van der Waals surface area contributed by atoms with Crippen LogP contribution in [0.4, 0.5) is 34.1 Å². The Balaban J connectivity index is 1.14. The van der Waals surface area contributed by atoms with Crippen molar-refractivity contribution in [2.75, 3.05) is 9.80 Å². The standard InChI is InChI=1S/C67H64BN3O2/c1-39-33-55-60-56(34-39)71-61-50(59-49-17-14-15-20-57(49)73-63(59)71)35-43(67(11,12)13)36-52(61)68(60)51-32-30-46(69(44-26-21-40(22-27-44)64(2,3)4)45-28-23-41(24-29-45)65(5,6)7)38-54(51)70(55)53-19-16-18-48-47-31-25-42(66(8,9)10)37-58(47)72-62(48)53/h14-38H,1-13H3. The molecule has 0 aliphatic carbocycles. The molecule has 0 amide bonds. The molecule has 362 valence electrons. The summed E-state index contributed by atoms with van der Waals surface area (Å²) in [5, 5.41) is 5.78. The average molecular weight is 954 g/mol. The first kappa shape index (κ1) is 45.4. The number of aryl methyl sites for hydroxylation is 1. The molecule has 0 saturated heterocycles. The summed E-state index contributed by atoms with van der Waals surface area (Å²) in [6.07, 6.45) is 0. The zero-order valence-electron chi connectivity index (χ0n) is 44.7. The Labute approximate surface area is 430 Å². The van der Waals surface area contributed by atoms with Crippen LogP contribution in [0.25, 0.3) is 60.6 Å². The summed E-state index contributed by atoms with van der Waals surface area (Å²) in [5.41, 5.74) is 22.5. The lowest BCUT2D eigenvalue weighted by molar-refractivity contribution is 0.587. The molecule has 5 nitrogen and oxygen atoms in total. The van der Waals surface area contributed by atoms with Gasteiger partial charge in [-0.15, -0.1) is 0 Å². The van der Waals surface area contributed by atoms with Crippen molar-refractivity contribution in [2.24, 2.45) is 0 Å². The Bertz CT molecular complexity index is 4020. The lowest BCUT2D eigenvalue weighted by Crippen LogP contribution is -2.60. The van der Waals surface area contributed by atoms with Gasteiger partial charge in [0.2, 0.25) is 5.71 Å². The number of nitrogens with zero attached hydrogens (tertiary/aromatic N) is 3. The Morgan fingerprint density at radius 1 is 0.425 bits per heavy atom. The first-order valence-electron chi connectivity index (χ1n) is 26.2. The molecule has 5 heterocycles. The molecule has 11 aromatic rings. The van der Waals surface area contributed by atoms with E-state index in [2.05, 4.69) is 256 Å². The quantitative estimate of drug-likeness (QED) is 0.165. The van der Waals surface area contributed by atoms with Crippen molar-refractivity contribution < 1.29 is 8.83 Å². The highest BCUT2D eigenvalue weighted by Gasteiger charge is 2.44. The third-order valence-corrected chi connectivity index (χ3v) is 16.0. The van der Waals surface area contributed by atoms with E-state index >= 15 is 0 Å². The number of furan rings is 2. The molecule has 2 aliphatic heterocycles. The second-order valence-electron chi connectivity index (χ2n) is 25.2. The molecule has 0 fully saturated rings. The van der Waals surface area contributed by atoms with Crippen molar-refractivity contribution >= 4 is 112 Å². The van der Waals surface area contributed by atoms with Crippen molar-refractivity contribution in [2.45, 2.75) is 112 Å². The third-order valence-electron chi connectivity index (χ3n) is 16.0. The topological polar surface area (TPSA) is 37.7 Å². The largest absolute Gasteiger partial charge is 0.454 e. The number of hydrogen-bond acceptors (Lipinski definition) is 4. The number of aromatic nitrogens is 1. The van der Waals surface area contributed by atoms with Gasteiger partial charge in [-0.25, -0.2) is 0 Å². The molecule has 6 heteroatoms. The monoisotopic (exact) mass is 954 g/mol. The molecule has 2 aliphatic rings. The second kappa shape index (κ2) is 15.3. The van der Waals surface area contributed by atoms with Crippen LogP contribution in [-0.4, -0.2) is 11.3 Å². The highest BCUT2D eigenvalue weighted by atomic mass is 16.3. The minimum Gasteiger partial charge on any atom is -0.454 e. The SMILES string of the molecule is Cc1cc2c3c(c1)-n1c4oc5ccccc5c4c4cc(C(C)(C)C)cc(c41)B3c1ccc(N(c3ccc(C(C)(C)C)cc3)c3ccc(C(C)(C)C)cc3)cc1N2c1cccc2c1oc1cc(C(C)(C)C)ccc12. The van der Waals surface area contributed by atoms with Gasteiger partial charge < -0.3 is 18.6 Å². The highest BCUT2D eigenvalue weighted by molar-refractivity contribution is 7.00. The van der Waals surface area contributed by atoms with E-state index in [1.54, 1.807) is 0 Å². The molecule has 0 atom stereocenters. The predicted octanol–water partition coefficient (Wildman–Crippen LogP) is 17.0. The van der Waals surface area contributed by atoms with E-state index in [-0.39, 0.29) is 28.4 Å². The fraction of sp³-hybridized carbons (Fsp3) is 0.254. The van der Waals surface area contributed by atoms with E-state index in [4.69, 9.17) is 8.83 Å². The summed E-state index contributed by atoms with van der Waals surface area (Å²) >= 11 is 0. The minimum atomic E-state index is -0.113. The Morgan fingerprint density at radius 3 is 1.68 bits per heavy atom. The number of hydrogen-bond donors (Lipinski definition) is 0. The van der Waals surface area contributed by atoms with Gasteiger partial charge in [0.1, 0.15) is 11.2 Å². The number of para-hydroxylation sites is 2. The molecular weight excluding hydrogens is 890 g/mol. The second-order valence-corrected chi connectivity index (χ2v) is 25.2. The summed E-state index contributed by atoms with van der Waals surface area (Å²) in [5.74, 6) is 0. The molecular formula is C67H64BN3O2. The maximum atomic E-state index is 7.19. The first-order valence-corrected chi connectivity index (χ1v) is 26.2. The van der Waals surface area contributed by atoms with Gasteiger partial charge in [0.25, 0.3) is 6.71 Å². The lowest BCUT2D eigenvalue weighted by Gasteiger charge is -2.41. The van der Waals surface area contributed by atoms with Gasteiger partial charge in [-0.2, -0.15) is 0 Å². The fourth-order valence-corrected chi connectivity index (χ4v) is 12.0. The molecule has 0 saturated carbocycles. The van der Waals surface area contributed by atoms with Gasteiger partial charge in [0.05, 0.1) is 16.6 Å². The van der Waals surface area contributed by atoms with Crippen LogP contribution in [0.2, 0.25) is 0 Å². The highest BCUT2D eigenvalue weighted by Crippen LogP contribution is 2.49. The van der Waals surface area contributed by atoms with Crippen LogP contribution >= 0.6 is 0 Å². The molecule has 3 aromatic heterocycles. The lowest BCUT2D eigenvalue weighted by atomic mass is 9.33. The number of fused-ring (bicyclic) bond motifs is 12. The van der Waals surface area contributed by atoms with Crippen LogP contribution in [0, 0.1) is 6.92 Å². The van der Waals surface area contributed by atoms with Gasteiger partial charge >= 0.3 is 0 Å². The van der Waals surface area contributed by atoms with E-state index in [9.17, 15) is 0 Å². The van der Waals surface area contributed by atoms with Crippen LogP contribution in [0.15, 0.2) is 160 Å². The van der Waals surface area contributed by atoms with Crippen molar-refractivity contribution in [1.82, 2.24) is 4.57 Å². The third kappa shape index (κ3) is 6.89. The molecule has 0 N–H and O–H groups in total. The smallest absolute Gasteiger partial charge is 0.252 e. The Morgan fingerprint density at radius 2 is 1.03 bits per heavy atom. The number of benzene rings is 8. The molecule has 0 spiro atoms. The van der Waals surface area contributed by atoms with Crippen LogP contribution in [0.5, 0.6) is 0 Å². The molecule has 0 unspecified atom stereocenters. The summed E-state index contributed by atoms with van der Waals surface area (Å²) < 4.78 is 16.6. The molecule has 13 rings (SSSR count). The van der Waals surface area contributed by atoms with Gasteiger partial charge in [-0.1, -0.05) is 162 Å². The van der Waals surface area contributed by atoms with Crippen molar-refractivity contribution in [3.05, 3.63) is 179 Å². The summed E-state index contributed by atoms with van der Waals surface area (Å²) in [7, 11) is 0. The summed E-state index contributed by atoms with van der Waals surface area (Å²) in [6.45, 7) is 29.7. The van der Waals surface area contributed by atoms with E-state index in [1.807, 2.05) is 0 Å². The zero-order valence-corrected chi connectivity index (χ0v) is 44.7. The Hall–Kier alpha value is -7.44. The van der Waals surface area contributed by atoms with Crippen LogP contribution in [0.3, 0.4) is 0 Å². The van der Waals surface area contributed by atoms with Gasteiger partial charge in [-0.05, 0) is 146 Å². The van der Waals surface area contributed by atoms with Gasteiger partial charge in [0, 0.05) is 55.7 Å². The molecule has 0 bridgehead atoms. The number of rotatable bonds is 4. The van der Waals surface area contributed by atoms with E-state index in [0.717, 1.165) is 78.4 Å². The van der Waals surface area contributed by atoms with E-state index < -0.39 is 0 Å². The maximum absolute atomic E-state index is 7.19.